The van der Waals surface area contributed by atoms with Crippen LogP contribution in [0.15, 0.2) is 158 Å². The molecule has 0 atom stereocenters. The maximum absolute atomic E-state index is 5.27. The van der Waals surface area contributed by atoms with Gasteiger partial charge in [-0.3, -0.25) is 0 Å². The smallest absolute Gasteiger partial charge is 0.161 e. The van der Waals surface area contributed by atoms with E-state index in [0.717, 1.165) is 38.4 Å². The molecule has 1 spiro atoms. The summed E-state index contributed by atoms with van der Waals surface area (Å²) in [7, 11) is 0. The molecule has 3 aliphatic carbocycles. The molecule has 0 amide bonds. The van der Waals surface area contributed by atoms with Crippen molar-refractivity contribution in [1.29, 1.82) is 0 Å². The molecule has 278 valence electrons. The first-order valence-corrected chi connectivity index (χ1v) is 21.7. The molecular weight excluding hydrogens is 721 g/mol. The third-order valence-electron chi connectivity index (χ3n) is 13.7. The minimum Gasteiger partial charge on any atom is -0.227 e. The highest BCUT2D eigenvalue weighted by molar-refractivity contribution is 7.25. The molecule has 0 N–H and O–H groups in total. The van der Waals surface area contributed by atoms with Crippen LogP contribution in [0, 0.1) is 0 Å². The summed E-state index contributed by atoms with van der Waals surface area (Å²) in [6, 6.07) is 58.5. The molecule has 0 aliphatic heterocycles. The molecule has 1 fully saturated rings. The number of aromatic nitrogens is 2. The summed E-state index contributed by atoms with van der Waals surface area (Å²) in [6.45, 7) is 4.85. The number of thiophene rings is 1. The Morgan fingerprint density at radius 2 is 1.14 bits per heavy atom. The number of benzene rings is 7. The summed E-state index contributed by atoms with van der Waals surface area (Å²) in [5.41, 5.74) is 19.8. The van der Waals surface area contributed by atoms with Crippen molar-refractivity contribution < 1.29 is 0 Å². The first kappa shape index (κ1) is 33.9. The zero-order valence-corrected chi connectivity index (χ0v) is 33.7. The highest BCUT2D eigenvalue weighted by Gasteiger charge is 2.46. The van der Waals surface area contributed by atoms with Crippen LogP contribution in [0.5, 0.6) is 0 Å². The van der Waals surface area contributed by atoms with Crippen LogP contribution in [-0.2, 0) is 10.8 Å². The van der Waals surface area contributed by atoms with Gasteiger partial charge in [0.25, 0.3) is 0 Å². The summed E-state index contributed by atoms with van der Waals surface area (Å²) in [5, 5.41) is 2.34. The topological polar surface area (TPSA) is 25.8 Å². The number of hydrogen-bond acceptors (Lipinski definition) is 3. The Balaban J connectivity index is 0.938. The highest BCUT2D eigenvalue weighted by atomic mass is 32.1. The Morgan fingerprint density at radius 3 is 2.00 bits per heavy atom. The second kappa shape index (κ2) is 12.7. The third kappa shape index (κ3) is 4.90. The molecule has 3 aliphatic rings. The lowest BCUT2D eigenvalue weighted by Gasteiger charge is -2.36. The van der Waals surface area contributed by atoms with Gasteiger partial charge in [0.05, 0.1) is 5.69 Å². The SMILES string of the molecule is CC1(C)c2cc3c(cc2-c2c(-c4ccc(-c5cccc(-c6nc(-c7ccccc7)c7c(n6)sc6ccccc67)c5)cc4)cccc21)C1(CCCCC1)c1ccccc1-3. The van der Waals surface area contributed by atoms with E-state index in [0.29, 0.717) is 0 Å². The van der Waals surface area contributed by atoms with Crippen LogP contribution in [0.25, 0.3) is 87.5 Å². The molecule has 7 aromatic carbocycles. The van der Waals surface area contributed by atoms with Crippen molar-refractivity contribution in [3.8, 4) is 67.2 Å². The summed E-state index contributed by atoms with van der Waals surface area (Å²) >= 11 is 1.74. The van der Waals surface area contributed by atoms with Gasteiger partial charge in [0.15, 0.2) is 5.82 Å². The van der Waals surface area contributed by atoms with E-state index in [4.69, 9.17) is 9.97 Å². The van der Waals surface area contributed by atoms with E-state index in [1.165, 1.54) is 92.3 Å². The van der Waals surface area contributed by atoms with E-state index in [1.807, 2.05) is 0 Å². The van der Waals surface area contributed by atoms with Gasteiger partial charge in [0.2, 0.25) is 0 Å². The number of hydrogen-bond donors (Lipinski definition) is 0. The summed E-state index contributed by atoms with van der Waals surface area (Å²) in [4.78, 5) is 11.5. The normalized spacial score (nSPS) is 15.7. The van der Waals surface area contributed by atoms with Gasteiger partial charge in [0, 0.05) is 37.4 Å². The predicted octanol–water partition coefficient (Wildman–Crippen LogP) is 15.0. The average molecular weight is 763 g/mol. The molecule has 0 saturated heterocycles. The molecule has 58 heavy (non-hydrogen) atoms. The number of fused-ring (bicyclic) bond motifs is 11. The molecule has 12 rings (SSSR count). The van der Waals surface area contributed by atoms with Crippen LogP contribution in [0.2, 0.25) is 0 Å². The van der Waals surface area contributed by atoms with Crippen molar-refractivity contribution in [2.75, 3.05) is 0 Å². The molecule has 2 heterocycles. The number of rotatable bonds is 4. The highest BCUT2D eigenvalue weighted by Crippen LogP contribution is 2.60. The first-order valence-electron chi connectivity index (χ1n) is 20.9. The van der Waals surface area contributed by atoms with E-state index >= 15 is 0 Å². The van der Waals surface area contributed by atoms with Crippen LogP contribution in [0.4, 0.5) is 0 Å². The van der Waals surface area contributed by atoms with Crippen molar-refractivity contribution in [1.82, 2.24) is 9.97 Å². The van der Waals surface area contributed by atoms with Crippen LogP contribution in [-0.4, -0.2) is 9.97 Å². The molecule has 0 radical (unpaired) electrons. The Morgan fingerprint density at radius 1 is 0.466 bits per heavy atom. The van der Waals surface area contributed by atoms with E-state index < -0.39 is 0 Å². The van der Waals surface area contributed by atoms with Gasteiger partial charge < -0.3 is 0 Å². The van der Waals surface area contributed by atoms with Crippen LogP contribution >= 0.6 is 11.3 Å². The van der Waals surface area contributed by atoms with Gasteiger partial charge in [-0.2, -0.15) is 0 Å². The van der Waals surface area contributed by atoms with E-state index in [2.05, 4.69) is 172 Å². The van der Waals surface area contributed by atoms with Gasteiger partial charge in [-0.15, -0.1) is 11.3 Å². The molecule has 9 aromatic rings. The fourth-order valence-corrected chi connectivity index (χ4v) is 12.0. The standard InChI is InChI=1S/C55H42N2S/c1-54(2)45-23-14-21-39(49(45)43-33-47-42(32-46(43)54)40-19-7-9-22-44(40)55(47)29-11-4-12-30-55)35-27-25-34(26-28-35)37-17-13-18-38(31-37)52-56-51(36-15-5-3-6-16-36)50-41-20-8-10-24-48(41)58-53(50)57-52/h3,5-10,13-28,31-33H,4,11-12,29-30H2,1-2H3. The molecular formula is C55H42N2S. The summed E-state index contributed by atoms with van der Waals surface area (Å²) in [5.74, 6) is 0.752. The lowest BCUT2D eigenvalue weighted by Crippen LogP contribution is -2.28. The fraction of sp³-hybridized carbons (Fsp3) is 0.164. The van der Waals surface area contributed by atoms with Gasteiger partial charge in [-0.1, -0.05) is 167 Å². The van der Waals surface area contributed by atoms with E-state index in [-0.39, 0.29) is 10.8 Å². The van der Waals surface area contributed by atoms with Crippen LogP contribution in [0.3, 0.4) is 0 Å². The van der Waals surface area contributed by atoms with Gasteiger partial charge in [-0.05, 0) is 104 Å². The minimum atomic E-state index is -0.0886. The Hall–Kier alpha value is -6.16. The molecule has 0 unspecified atom stereocenters. The number of nitrogens with zero attached hydrogens (tertiary/aromatic N) is 2. The second-order valence-corrected chi connectivity index (χ2v) is 18.2. The van der Waals surface area contributed by atoms with Crippen molar-refractivity contribution in [3.05, 3.63) is 180 Å². The molecule has 0 bridgehead atoms. The lowest BCUT2D eigenvalue weighted by molar-refractivity contribution is 0.353. The third-order valence-corrected chi connectivity index (χ3v) is 14.8. The zero-order valence-electron chi connectivity index (χ0n) is 32.8. The maximum atomic E-state index is 5.27. The largest absolute Gasteiger partial charge is 0.227 e. The van der Waals surface area contributed by atoms with Crippen molar-refractivity contribution in [2.24, 2.45) is 0 Å². The van der Waals surface area contributed by atoms with Crippen molar-refractivity contribution in [2.45, 2.75) is 56.8 Å². The van der Waals surface area contributed by atoms with Gasteiger partial charge >= 0.3 is 0 Å². The first-order chi connectivity index (χ1) is 28.5. The summed E-state index contributed by atoms with van der Waals surface area (Å²) < 4.78 is 1.23. The second-order valence-electron chi connectivity index (χ2n) is 17.2. The Labute approximate surface area is 343 Å². The van der Waals surface area contributed by atoms with Crippen molar-refractivity contribution >= 4 is 31.6 Å². The minimum absolute atomic E-state index is 0.0886. The van der Waals surface area contributed by atoms with Crippen LogP contribution < -0.4 is 0 Å². The predicted molar refractivity (Wildman–Crippen MR) is 244 cm³/mol. The Kier molecular flexibility index (Phi) is 7.41. The zero-order chi connectivity index (χ0) is 38.6. The lowest BCUT2D eigenvalue weighted by atomic mass is 9.67. The van der Waals surface area contributed by atoms with Crippen molar-refractivity contribution in [3.63, 3.8) is 0 Å². The Bertz CT molecular complexity index is 3110. The van der Waals surface area contributed by atoms with Gasteiger partial charge in [0.1, 0.15) is 4.83 Å². The molecule has 2 aromatic heterocycles. The monoisotopic (exact) mass is 762 g/mol. The average Bonchev–Trinajstić information content (AvgIpc) is 3.86. The van der Waals surface area contributed by atoms with Crippen LogP contribution in [0.1, 0.15) is 68.2 Å². The van der Waals surface area contributed by atoms with E-state index in [9.17, 15) is 0 Å². The molecule has 3 heteroatoms. The molecule has 1 saturated carbocycles. The maximum Gasteiger partial charge on any atom is 0.161 e. The fourth-order valence-electron chi connectivity index (χ4n) is 10.9. The van der Waals surface area contributed by atoms with E-state index in [1.54, 1.807) is 22.5 Å². The molecule has 2 nitrogen and oxygen atoms in total. The quantitative estimate of drug-likeness (QED) is 0.178. The van der Waals surface area contributed by atoms with Gasteiger partial charge in [-0.25, -0.2) is 9.97 Å². The summed E-state index contributed by atoms with van der Waals surface area (Å²) in [6.07, 6.45) is 6.44.